The van der Waals surface area contributed by atoms with Crippen molar-refractivity contribution >= 4 is 17.3 Å². The van der Waals surface area contributed by atoms with Gasteiger partial charge in [-0.2, -0.15) is 0 Å². The summed E-state index contributed by atoms with van der Waals surface area (Å²) < 4.78 is 0. The second-order valence-electron chi connectivity index (χ2n) is 7.39. The van der Waals surface area contributed by atoms with E-state index in [4.69, 9.17) is 0 Å². The molecule has 1 N–H and O–H groups in total. The van der Waals surface area contributed by atoms with Crippen molar-refractivity contribution < 1.29 is 4.79 Å². The van der Waals surface area contributed by atoms with Crippen LogP contribution in [0.15, 0.2) is 48.5 Å². The van der Waals surface area contributed by atoms with Crippen LogP contribution in [0, 0.1) is 6.92 Å². The number of anilines is 2. The Morgan fingerprint density at radius 3 is 2.30 bits per heavy atom. The molecule has 27 heavy (non-hydrogen) atoms. The van der Waals surface area contributed by atoms with Gasteiger partial charge in [-0.15, -0.1) is 0 Å². The molecule has 5 heteroatoms. The van der Waals surface area contributed by atoms with E-state index in [2.05, 4.69) is 75.5 Å². The SMILES string of the molecule is Cc1ccccc1N1CCN(CC(=O)NCc2ccc(N(C)C)cc2)CC1. The quantitative estimate of drug-likeness (QED) is 0.853. The molecule has 0 aliphatic carbocycles. The number of para-hydroxylation sites is 1. The number of carbonyl (C=O) groups excluding carboxylic acids is 1. The van der Waals surface area contributed by atoms with E-state index >= 15 is 0 Å². The molecule has 0 unspecified atom stereocenters. The zero-order chi connectivity index (χ0) is 19.2. The van der Waals surface area contributed by atoms with Gasteiger partial charge in [-0.25, -0.2) is 0 Å². The summed E-state index contributed by atoms with van der Waals surface area (Å²) in [5.74, 6) is 0.0935. The van der Waals surface area contributed by atoms with Crippen molar-refractivity contribution in [3.05, 3.63) is 59.7 Å². The second kappa shape index (κ2) is 8.91. The van der Waals surface area contributed by atoms with Crippen LogP contribution in [0.25, 0.3) is 0 Å². The lowest BCUT2D eigenvalue weighted by Crippen LogP contribution is -2.49. The fourth-order valence-electron chi connectivity index (χ4n) is 3.44. The predicted molar refractivity (Wildman–Crippen MR) is 112 cm³/mol. The molecule has 0 aromatic heterocycles. The number of hydrogen-bond donors (Lipinski definition) is 1. The maximum atomic E-state index is 12.3. The van der Waals surface area contributed by atoms with E-state index in [1.54, 1.807) is 0 Å². The van der Waals surface area contributed by atoms with Crippen molar-refractivity contribution in [2.24, 2.45) is 0 Å². The van der Waals surface area contributed by atoms with Gasteiger partial charge in [-0.05, 0) is 36.2 Å². The number of nitrogens with one attached hydrogen (secondary N) is 1. The van der Waals surface area contributed by atoms with Gasteiger partial charge in [0.2, 0.25) is 5.91 Å². The number of benzene rings is 2. The molecule has 2 aromatic rings. The summed E-state index contributed by atoms with van der Waals surface area (Å²) >= 11 is 0. The van der Waals surface area contributed by atoms with E-state index in [-0.39, 0.29) is 5.91 Å². The first-order valence-electron chi connectivity index (χ1n) is 9.59. The molecule has 1 aliphatic heterocycles. The molecule has 3 rings (SSSR count). The van der Waals surface area contributed by atoms with Crippen LogP contribution in [0.1, 0.15) is 11.1 Å². The van der Waals surface area contributed by atoms with Gasteiger partial charge in [-0.1, -0.05) is 30.3 Å². The number of hydrogen-bond acceptors (Lipinski definition) is 4. The predicted octanol–water partition coefficient (Wildman–Crippen LogP) is 2.50. The number of carbonyl (C=O) groups is 1. The molecular weight excluding hydrogens is 336 g/mol. The lowest BCUT2D eigenvalue weighted by atomic mass is 10.1. The Balaban J connectivity index is 1.42. The molecule has 0 bridgehead atoms. The third kappa shape index (κ3) is 5.23. The highest BCUT2D eigenvalue weighted by Crippen LogP contribution is 2.20. The second-order valence-corrected chi connectivity index (χ2v) is 7.39. The molecule has 0 spiro atoms. The molecule has 1 fully saturated rings. The van der Waals surface area contributed by atoms with E-state index in [9.17, 15) is 4.79 Å². The molecule has 1 amide bonds. The zero-order valence-corrected chi connectivity index (χ0v) is 16.6. The van der Waals surface area contributed by atoms with E-state index < -0.39 is 0 Å². The van der Waals surface area contributed by atoms with Gasteiger partial charge in [0.15, 0.2) is 0 Å². The highest BCUT2D eigenvalue weighted by atomic mass is 16.2. The summed E-state index contributed by atoms with van der Waals surface area (Å²) in [6.45, 7) is 6.96. The molecule has 1 heterocycles. The maximum absolute atomic E-state index is 12.3. The largest absolute Gasteiger partial charge is 0.378 e. The smallest absolute Gasteiger partial charge is 0.234 e. The van der Waals surface area contributed by atoms with Gasteiger partial charge >= 0.3 is 0 Å². The van der Waals surface area contributed by atoms with Crippen LogP contribution in [-0.2, 0) is 11.3 Å². The number of piperazine rings is 1. The molecule has 5 nitrogen and oxygen atoms in total. The van der Waals surface area contributed by atoms with Crippen molar-refractivity contribution in [3.8, 4) is 0 Å². The first-order chi connectivity index (χ1) is 13.0. The molecule has 2 aromatic carbocycles. The highest BCUT2D eigenvalue weighted by Gasteiger charge is 2.19. The third-order valence-electron chi connectivity index (χ3n) is 5.14. The summed E-state index contributed by atoms with van der Waals surface area (Å²) in [5, 5.41) is 3.04. The van der Waals surface area contributed by atoms with Crippen molar-refractivity contribution in [2.45, 2.75) is 13.5 Å². The Hall–Kier alpha value is -2.53. The maximum Gasteiger partial charge on any atom is 0.234 e. The van der Waals surface area contributed by atoms with Gasteiger partial charge in [0.25, 0.3) is 0 Å². The van der Waals surface area contributed by atoms with Crippen molar-refractivity contribution in [2.75, 3.05) is 56.6 Å². The van der Waals surface area contributed by atoms with Crippen LogP contribution in [0.3, 0.4) is 0 Å². The van der Waals surface area contributed by atoms with Crippen LogP contribution < -0.4 is 15.1 Å². The zero-order valence-electron chi connectivity index (χ0n) is 16.6. The number of nitrogens with zero attached hydrogens (tertiary/aromatic N) is 3. The van der Waals surface area contributed by atoms with Gasteiger partial charge in [0.05, 0.1) is 6.54 Å². The molecule has 0 radical (unpaired) electrons. The summed E-state index contributed by atoms with van der Waals surface area (Å²) in [5.41, 5.74) is 4.90. The van der Waals surface area contributed by atoms with Crippen molar-refractivity contribution in [3.63, 3.8) is 0 Å². The van der Waals surface area contributed by atoms with Crippen LogP contribution in [-0.4, -0.2) is 57.6 Å². The lowest BCUT2D eigenvalue weighted by Gasteiger charge is -2.36. The number of amides is 1. The van der Waals surface area contributed by atoms with Crippen LogP contribution in [0.2, 0.25) is 0 Å². The molecule has 144 valence electrons. The lowest BCUT2D eigenvalue weighted by molar-refractivity contribution is -0.122. The van der Waals surface area contributed by atoms with Crippen LogP contribution >= 0.6 is 0 Å². The normalized spacial score (nSPS) is 14.9. The minimum Gasteiger partial charge on any atom is -0.378 e. The summed E-state index contributed by atoms with van der Waals surface area (Å²) in [6.07, 6.45) is 0. The average Bonchev–Trinajstić information content (AvgIpc) is 2.68. The van der Waals surface area contributed by atoms with Gasteiger partial charge in [0.1, 0.15) is 0 Å². The summed E-state index contributed by atoms with van der Waals surface area (Å²) in [6, 6.07) is 16.8. The van der Waals surface area contributed by atoms with Crippen molar-refractivity contribution in [1.29, 1.82) is 0 Å². The van der Waals surface area contributed by atoms with Gasteiger partial charge in [-0.3, -0.25) is 9.69 Å². The summed E-state index contributed by atoms with van der Waals surface area (Å²) in [7, 11) is 4.05. The molecule has 0 saturated carbocycles. The minimum atomic E-state index is 0.0935. The van der Waals surface area contributed by atoms with Crippen LogP contribution in [0.5, 0.6) is 0 Å². The van der Waals surface area contributed by atoms with Gasteiger partial charge in [0, 0.05) is 58.2 Å². The highest BCUT2D eigenvalue weighted by molar-refractivity contribution is 5.78. The number of rotatable bonds is 6. The molecule has 1 saturated heterocycles. The Morgan fingerprint density at radius 1 is 1.00 bits per heavy atom. The Bertz CT molecular complexity index is 749. The van der Waals surface area contributed by atoms with Gasteiger partial charge < -0.3 is 15.1 Å². The molecule has 1 aliphatic rings. The molecular formula is C22H30N4O. The average molecular weight is 367 g/mol. The summed E-state index contributed by atoms with van der Waals surface area (Å²) in [4.78, 5) is 19.0. The van der Waals surface area contributed by atoms with Crippen LogP contribution in [0.4, 0.5) is 11.4 Å². The Kier molecular flexibility index (Phi) is 6.35. The number of aryl methyl sites for hydroxylation is 1. The Morgan fingerprint density at radius 2 is 1.67 bits per heavy atom. The fraction of sp³-hybridized carbons (Fsp3) is 0.409. The molecule has 0 atom stereocenters. The Labute approximate surface area is 162 Å². The first-order valence-corrected chi connectivity index (χ1v) is 9.59. The minimum absolute atomic E-state index is 0.0935. The first kappa shape index (κ1) is 19.2. The third-order valence-corrected chi connectivity index (χ3v) is 5.14. The fourth-order valence-corrected chi connectivity index (χ4v) is 3.44. The standard InChI is InChI=1S/C22H30N4O/c1-18-6-4-5-7-21(18)26-14-12-25(13-15-26)17-22(27)23-16-19-8-10-20(11-9-19)24(2)3/h4-11H,12-17H2,1-3H3,(H,23,27). The van der Waals surface area contributed by atoms with E-state index in [0.717, 1.165) is 37.4 Å². The topological polar surface area (TPSA) is 38.8 Å². The monoisotopic (exact) mass is 366 g/mol. The van der Waals surface area contributed by atoms with E-state index in [0.29, 0.717) is 13.1 Å². The van der Waals surface area contributed by atoms with Crippen molar-refractivity contribution in [1.82, 2.24) is 10.2 Å². The van der Waals surface area contributed by atoms with E-state index in [1.807, 2.05) is 14.1 Å². The van der Waals surface area contributed by atoms with E-state index in [1.165, 1.54) is 11.3 Å².